The molecule has 20 heavy (non-hydrogen) atoms. The van der Waals surface area contributed by atoms with Crippen LogP contribution in [-0.2, 0) is 19.2 Å². The molecule has 0 aromatic rings. The van der Waals surface area contributed by atoms with E-state index >= 15 is 0 Å². The molecule has 0 radical (unpaired) electrons. The molecule has 0 spiro atoms. The summed E-state index contributed by atoms with van der Waals surface area (Å²) >= 11 is 0. The molecule has 0 bridgehead atoms. The lowest BCUT2D eigenvalue weighted by atomic mass is 10.2. The van der Waals surface area contributed by atoms with Gasteiger partial charge in [-0.15, -0.1) is 0 Å². The second kappa shape index (κ2) is 10.3. The Morgan fingerprint density at radius 1 is 1.30 bits per heavy atom. The summed E-state index contributed by atoms with van der Waals surface area (Å²) in [5.41, 5.74) is 4.09. The number of ether oxygens (including phenoxy) is 1. The molecule has 0 heterocycles. The van der Waals surface area contributed by atoms with E-state index in [1.54, 1.807) is 0 Å². The highest BCUT2D eigenvalue weighted by Crippen LogP contribution is 2.00. The van der Waals surface area contributed by atoms with Crippen LogP contribution in [0.3, 0.4) is 0 Å². The van der Waals surface area contributed by atoms with Crippen LogP contribution in [0, 0.1) is 11.3 Å². The Labute approximate surface area is 115 Å². The van der Waals surface area contributed by atoms with Crippen LogP contribution in [0.2, 0.25) is 0 Å². The summed E-state index contributed by atoms with van der Waals surface area (Å²) in [6.45, 7) is 0.313. The lowest BCUT2D eigenvalue weighted by Gasteiger charge is -2.02. The van der Waals surface area contributed by atoms with Crippen molar-refractivity contribution < 1.29 is 24.0 Å². The third kappa shape index (κ3) is 8.46. The molecule has 0 rings (SSSR count). The molecule has 110 valence electrons. The molecule has 2 amide bonds. The fourth-order valence-electron chi connectivity index (χ4n) is 1.10. The van der Waals surface area contributed by atoms with Crippen molar-refractivity contribution in [3.8, 4) is 6.07 Å². The predicted molar refractivity (Wildman–Crippen MR) is 67.2 cm³/mol. The van der Waals surface area contributed by atoms with Gasteiger partial charge in [-0.25, -0.2) is 4.79 Å². The maximum atomic E-state index is 11.1. The van der Waals surface area contributed by atoms with Crippen molar-refractivity contribution in [2.24, 2.45) is 10.9 Å². The van der Waals surface area contributed by atoms with Crippen molar-refractivity contribution in [2.75, 3.05) is 13.7 Å². The number of nitriles is 1. The van der Waals surface area contributed by atoms with Crippen LogP contribution in [0.5, 0.6) is 0 Å². The Bertz CT molecular complexity index is 427. The van der Waals surface area contributed by atoms with Crippen molar-refractivity contribution in [3.63, 3.8) is 0 Å². The normalized spacial score (nSPS) is 10.3. The first-order valence-corrected chi connectivity index (χ1v) is 5.80. The number of nitrogens with two attached hydrogens (primary N) is 1. The smallest absolute Gasteiger partial charge is 0.433 e. The first-order valence-electron chi connectivity index (χ1n) is 5.80. The maximum Gasteiger partial charge on any atom is 0.433 e. The summed E-state index contributed by atoms with van der Waals surface area (Å²) in [4.78, 5) is 36.7. The van der Waals surface area contributed by atoms with E-state index in [1.807, 2.05) is 0 Å². The number of nitrogens with zero attached hydrogens (tertiary/aromatic N) is 2. The van der Waals surface area contributed by atoms with E-state index in [0.29, 0.717) is 25.8 Å². The zero-order chi connectivity index (χ0) is 15.4. The van der Waals surface area contributed by atoms with Gasteiger partial charge >= 0.3 is 12.1 Å². The standard InChI is InChI=1S/C11H16N4O5/c1-19-9(16)5-3-2-4-6-14-11(18)20-15-8(7-12)10(13)17/h2-6H2,1H3,(H2,13,17)(H,14,18). The van der Waals surface area contributed by atoms with E-state index in [9.17, 15) is 14.4 Å². The van der Waals surface area contributed by atoms with Gasteiger partial charge in [0.2, 0.25) is 5.71 Å². The number of rotatable bonds is 8. The average molecular weight is 284 g/mol. The van der Waals surface area contributed by atoms with Crippen molar-refractivity contribution in [1.82, 2.24) is 5.32 Å². The number of hydrogen-bond donors (Lipinski definition) is 2. The summed E-state index contributed by atoms with van der Waals surface area (Å²) in [6, 6.07) is 1.38. The van der Waals surface area contributed by atoms with Gasteiger partial charge in [0.1, 0.15) is 6.07 Å². The Balaban J connectivity index is 3.72. The fourth-order valence-corrected chi connectivity index (χ4v) is 1.10. The van der Waals surface area contributed by atoms with E-state index < -0.39 is 17.7 Å². The second-order valence-corrected chi connectivity index (χ2v) is 3.61. The topological polar surface area (TPSA) is 144 Å². The largest absolute Gasteiger partial charge is 0.469 e. The zero-order valence-corrected chi connectivity index (χ0v) is 11.0. The van der Waals surface area contributed by atoms with Gasteiger partial charge in [-0.05, 0) is 12.8 Å². The van der Waals surface area contributed by atoms with Crippen molar-refractivity contribution in [3.05, 3.63) is 0 Å². The van der Waals surface area contributed by atoms with Crippen LogP contribution in [-0.4, -0.2) is 37.3 Å². The molecular weight excluding hydrogens is 268 g/mol. The quantitative estimate of drug-likeness (QED) is 0.208. The summed E-state index contributed by atoms with van der Waals surface area (Å²) in [7, 11) is 1.32. The number of esters is 1. The number of carbonyl (C=O) groups excluding carboxylic acids is 3. The Morgan fingerprint density at radius 2 is 2.00 bits per heavy atom. The minimum absolute atomic E-state index is 0.276. The molecule has 9 heteroatoms. The highest BCUT2D eigenvalue weighted by molar-refractivity contribution is 6.44. The van der Waals surface area contributed by atoms with Crippen LogP contribution >= 0.6 is 0 Å². The highest BCUT2D eigenvalue weighted by Gasteiger charge is 2.08. The zero-order valence-electron chi connectivity index (χ0n) is 11.0. The van der Waals surface area contributed by atoms with Crippen molar-refractivity contribution in [1.29, 1.82) is 5.26 Å². The number of oxime groups is 1. The van der Waals surface area contributed by atoms with Crippen molar-refractivity contribution >= 4 is 23.7 Å². The van der Waals surface area contributed by atoms with Gasteiger partial charge in [-0.3, -0.25) is 14.4 Å². The van der Waals surface area contributed by atoms with E-state index in [2.05, 4.69) is 20.0 Å². The van der Waals surface area contributed by atoms with Gasteiger partial charge < -0.3 is 15.8 Å². The molecule has 9 nitrogen and oxygen atoms in total. The average Bonchev–Trinajstić information content (AvgIpc) is 2.42. The molecular formula is C11H16N4O5. The van der Waals surface area contributed by atoms with Crippen LogP contribution < -0.4 is 11.1 Å². The van der Waals surface area contributed by atoms with E-state index in [1.165, 1.54) is 13.2 Å². The summed E-state index contributed by atoms with van der Waals surface area (Å²) in [5, 5.41) is 13.8. The van der Waals surface area contributed by atoms with E-state index in [0.717, 1.165) is 6.42 Å². The number of hydrogen-bond acceptors (Lipinski definition) is 7. The monoisotopic (exact) mass is 284 g/mol. The first kappa shape index (κ1) is 17.4. The SMILES string of the molecule is COC(=O)CCCCCNC(=O)ON=C(C#N)C(N)=O. The summed E-state index contributed by atoms with van der Waals surface area (Å²) in [6.07, 6.45) is 1.45. The molecule has 0 aromatic heterocycles. The number of nitrogens with one attached hydrogen (secondary N) is 1. The number of primary amides is 1. The Kier molecular flexibility index (Phi) is 8.95. The predicted octanol–water partition coefficient (Wildman–Crippen LogP) is -0.189. The molecule has 3 N–H and O–H groups in total. The molecule has 0 aliphatic rings. The molecule has 0 aliphatic carbocycles. The summed E-state index contributed by atoms with van der Waals surface area (Å²) in [5.74, 6) is -1.36. The third-order valence-electron chi connectivity index (χ3n) is 2.11. The molecule has 0 fully saturated rings. The van der Waals surface area contributed by atoms with Crippen LogP contribution in [0.4, 0.5) is 4.79 Å². The van der Waals surface area contributed by atoms with Gasteiger partial charge in [0.15, 0.2) is 0 Å². The lowest BCUT2D eigenvalue weighted by molar-refractivity contribution is -0.140. The third-order valence-corrected chi connectivity index (χ3v) is 2.11. The molecule has 0 unspecified atom stereocenters. The van der Waals surface area contributed by atoms with E-state index in [4.69, 9.17) is 11.0 Å². The minimum Gasteiger partial charge on any atom is -0.469 e. The highest BCUT2D eigenvalue weighted by atomic mass is 16.7. The van der Waals surface area contributed by atoms with Gasteiger partial charge in [0, 0.05) is 13.0 Å². The van der Waals surface area contributed by atoms with Crippen molar-refractivity contribution in [2.45, 2.75) is 25.7 Å². The van der Waals surface area contributed by atoms with Gasteiger partial charge in [0.25, 0.3) is 5.91 Å². The maximum absolute atomic E-state index is 11.1. The van der Waals surface area contributed by atoms with Crippen LogP contribution in [0.1, 0.15) is 25.7 Å². The van der Waals surface area contributed by atoms with Crippen LogP contribution in [0.25, 0.3) is 0 Å². The number of methoxy groups -OCH3 is 1. The fraction of sp³-hybridized carbons (Fsp3) is 0.545. The minimum atomic E-state index is -1.08. The van der Waals surface area contributed by atoms with Crippen LogP contribution in [0.15, 0.2) is 5.16 Å². The Morgan fingerprint density at radius 3 is 2.55 bits per heavy atom. The Hall–Kier alpha value is -2.63. The number of carbonyl (C=O) groups is 3. The van der Waals surface area contributed by atoms with E-state index in [-0.39, 0.29) is 5.97 Å². The number of amides is 2. The lowest BCUT2D eigenvalue weighted by Crippen LogP contribution is -2.26. The molecule has 0 saturated carbocycles. The first-order chi connectivity index (χ1) is 9.51. The molecule has 0 saturated heterocycles. The molecule has 0 atom stereocenters. The number of unbranched alkanes of at least 4 members (excludes halogenated alkanes) is 2. The molecule has 0 aromatic carbocycles. The second-order valence-electron chi connectivity index (χ2n) is 3.61. The van der Waals surface area contributed by atoms with Gasteiger partial charge in [-0.1, -0.05) is 11.6 Å². The molecule has 0 aliphatic heterocycles. The van der Waals surface area contributed by atoms with Gasteiger partial charge in [-0.2, -0.15) is 5.26 Å². The summed E-state index contributed by atoms with van der Waals surface area (Å²) < 4.78 is 4.47. The van der Waals surface area contributed by atoms with Gasteiger partial charge in [0.05, 0.1) is 7.11 Å².